The highest BCUT2D eigenvalue weighted by molar-refractivity contribution is 8.93. The van der Waals surface area contributed by atoms with Crippen molar-refractivity contribution in [2.24, 2.45) is 0 Å². The Balaban J connectivity index is 0. The van der Waals surface area contributed by atoms with Crippen LogP contribution in [0.1, 0.15) is 0 Å². The Kier molecular flexibility index (Phi) is 22.1. The van der Waals surface area contributed by atoms with Gasteiger partial charge in [-0.15, -0.1) is 17.0 Å². The highest BCUT2D eigenvalue weighted by Gasteiger charge is 1.32. The fourth-order valence-corrected chi connectivity index (χ4v) is 0. The van der Waals surface area contributed by atoms with Crippen molar-refractivity contribution < 1.29 is 10.2 Å². The van der Waals surface area contributed by atoms with E-state index in [0.29, 0.717) is 0 Å². The van der Waals surface area contributed by atoms with Crippen molar-refractivity contribution in [1.82, 2.24) is 0 Å². The molecule has 0 aromatic carbocycles. The van der Waals surface area contributed by atoms with Crippen LogP contribution < -0.4 is 0 Å². The van der Waals surface area contributed by atoms with E-state index in [1.807, 2.05) is 0 Å². The second kappa shape index (κ2) is 9.99. The molecule has 0 aliphatic rings. The van der Waals surface area contributed by atoms with E-state index >= 15 is 0 Å². The first-order chi connectivity index (χ1) is 1.41. The van der Waals surface area contributed by atoms with Crippen molar-refractivity contribution in [3.63, 3.8) is 0 Å². The van der Waals surface area contributed by atoms with Gasteiger partial charge in [-0.2, -0.15) is 0 Å². The lowest BCUT2D eigenvalue weighted by molar-refractivity contribution is 0.0773. The van der Waals surface area contributed by atoms with Crippen molar-refractivity contribution in [2.75, 3.05) is 6.79 Å². The lowest BCUT2D eigenvalue weighted by Gasteiger charge is -1.55. The first-order valence-corrected chi connectivity index (χ1v) is 0.632. The molecule has 4 heavy (non-hydrogen) atoms. The zero-order chi connectivity index (χ0) is 2.71. The SMILES string of the molecule is Br.OCO. The van der Waals surface area contributed by atoms with E-state index in [4.69, 9.17) is 10.2 Å². The molecule has 0 spiro atoms. The minimum absolute atomic E-state index is 0. The van der Waals surface area contributed by atoms with Gasteiger partial charge in [0.25, 0.3) is 0 Å². The van der Waals surface area contributed by atoms with Gasteiger partial charge in [0.1, 0.15) is 6.79 Å². The van der Waals surface area contributed by atoms with E-state index in [1.165, 1.54) is 0 Å². The Bertz CT molecular complexity index is 6.00. The molecule has 0 unspecified atom stereocenters. The van der Waals surface area contributed by atoms with E-state index < -0.39 is 6.79 Å². The zero-order valence-electron chi connectivity index (χ0n) is 2.01. The highest BCUT2D eigenvalue weighted by Crippen LogP contribution is 1.17. The normalized spacial score (nSPS) is 4.50. The van der Waals surface area contributed by atoms with Gasteiger partial charge in [0.15, 0.2) is 0 Å². The predicted octanol–water partition coefficient (Wildman–Crippen LogP) is -0.494. The summed E-state index contributed by atoms with van der Waals surface area (Å²) in [5.41, 5.74) is 0. The molecule has 0 aliphatic heterocycles. The number of hydrogen-bond donors (Lipinski definition) is 2. The lowest BCUT2D eigenvalue weighted by atomic mass is 11.6. The standard InChI is InChI=1S/CH4O2.BrH/c2-1-3;/h2-3H,1H2;1H. The molecule has 2 N–H and O–H groups in total. The van der Waals surface area contributed by atoms with E-state index in [1.54, 1.807) is 0 Å². The maximum Gasteiger partial charge on any atom is 0.140 e. The minimum atomic E-state index is -0.750. The van der Waals surface area contributed by atoms with Crippen molar-refractivity contribution in [2.45, 2.75) is 0 Å². The third-order valence-corrected chi connectivity index (χ3v) is 0. The summed E-state index contributed by atoms with van der Waals surface area (Å²) in [4.78, 5) is 0. The minimum Gasteiger partial charge on any atom is -0.371 e. The molecule has 0 radical (unpaired) electrons. The van der Waals surface area contributed by atoms with Crippen molar-refractivity contribution in [1.29, 1.82) is 0 Å². The van der Waals surface area contributed by atoms with Crippen molar-refractivity contribution in [3.05, 3.63) is 0 Å². The van der Waals surface area contributed by atoms with Gasteiger partial charge in [-0.1, -0.05) is 0 Å². The molecule has 0 atom stereocenters. The number of rotatable bonds is 0. The second-order valence-corrected chi connectivity index (χ2v) is 0.141. The van der Waals surface area contributed by atoms with Gasteiger partial charge in [-0.3, -0.25) is 0 Å². The van der Waals surface area contributed by atoms with Crippen LogP contribution in [0.4, 0.5) is 0 Å². The molecule has 0 fully saturated rings. The third-order valence-electron chi connectivity index (χ3n) is 0. The van der Waals surface area contributed by atoms with Crippen molar-refractivity contribution in [3.8, 4) is 0 Å². The molecule has 0 bridgehead atoms. The van der Waals surface area contributed by atoms with Gasteiger partial charge < -0.3 is 10.2 Å². The first-order valence-electron chi connectivity index (χ1n) is 0.632. The van der Waals surface area contributed by atoms with Crippen LogP contribution in [0.3, 0.4) is 0 Å². The molecule has 0 heterocycles. The predicted molar refractivity (Wildman–Crippen MR) is 19.6 cm³/mol. The molecule has 0 aromatic rings. The van der Waals surface area contributed by atoms with Gasteiger partial charge in [0, 0.05) is 0 Å². The van der Waals surface area contributed by atoms with Gasteiger partial charge in [-0.05, 0) is 0 Å². The summed E-state index contributed by atoms with van der Waals surface area (Å²) >= 11 is 0. The Morgan fingerprint density at radius 3 is 1.25 bits per heavy atom. The van der Waals surface area contributed by atoms with Gasteiger partial charge in [0.2, 0.25) is 0 Å². The summed E-state index contributed by atoms with van der Waals surface area (Å²) in [6, 6.07) is 0. The van der Waals surface area contributed by atoms with Crippen LogP contribution in [0.2, 0.25) is 0 Å². The van der Waals surface area contributed by atoms with E-state index in [9.17, 15) is 0 Å². The first kappa shape index (κ1) is 8.83. The fraction of sp³-hybridized carbons (Fsp3) is 1.00. The molecule has 3 heteroatoms. The average Bonchev–Trinajstić information content (AvgIpc) is 0.918. The largest absolute Gasteiger partial charge is 0.371 e. The summed E-state index contributed by atoms with van der Waals surface area (Å²) in [5, 5.41) is 14.2. The van der Waals surface area contributed by atoms with Crippen LogP contribution in [0.15, 0.2) is 0 Å². The Morgan fingerprint density at radius 2 is 1.25 bits per heavy atom. The van der Waals surface area contributed by atoms with E-state index in [-0.39, 0.29) is 17.0 Å². The Morgan fingerprint density at radius 1 is 1.25 bits per heavy atom. The summed E-state index contributed by atoms with van der Waals surface area (Å²) in [6.07, 6.45) is 0. The third kappa shape index (κ3) is 29.4. The molecule has 28 valence electrons. The van der Waals surface area contributed by atoms with Crippen molar-refractivity contribution >= 4 is 17.0 Å². The van der Waals surface area contributed by atoms with Crippen LogP contribution in [0.25, 0.3) is 0 Å². The smallest absolute Gasteiger partial charge is 0.140 e. The average molecular weight is 129 g/mol. The van der Waals surface area contributed by atoms with Gasteiger partial charge >= 0.3 is 0 Å². The van der Waals surface area contributed by atoms with Crippen LogP contribution in [-0.4, -0.2) is 17.0 Å². The molecule has 0 rings (SSSR count). The molecule has 0 saturated carbocycles. The van der Waals surface area contributed by atoms with Gasteiger partial charge in [0.05, 0.1) is 0 Å². The molecule has 0 saturated heterocycles. The highest BCUT2D eigenvalue weighted by atomic mass is 79.9. The number of aliphatic hydroxyl groups excluding tert-OH is 1. The van der Waals surface area contributed by atoms with Crippen LogP contribution in [0, 0.1) is 0 Å². The molecular weight excluding hydrogens is 124 g/mol. The number of halogens is 1. The zero-order valence-corrected chi connectivity index (χ0v) is 3.72. The van der Waals surface area contributed by atoms with Gasteiger partial charge in [-0.25, -0.2) is 0 Å². The number of aliphatic hydroxyl groups is 2. The van der Waals surface area contributed by atoms with Crippen LogP contribution in [-0.2, 0) is 0 Å². The van der Waals surface area contributed by atoms with Crippen LogP contribution >= 0.6 is 17.0 Å². The molecule has 0 aromatic heterocycles. The molecule has 0 amide bonds. The Labute approximate surface area is 34.8 Å². The summed E-state index contributed by atoms with van der Waals surface area (Å²) in [5.74, 6) is 0. The van der Waals surface area contributed by atoms with E-state index in [0.717, 1.165) is 0 Å². The van der Waals surface area contributed by atoms with E-state index in [2.05, 4.69) is 0 Å². The summed E-state index contributed by atoms with van der Waals surface area (Å²) in [6.45, 7) is -0.750. The van der Waals surface area contributed by atoms with Crippen LogP contribution in [0.5, 0.6) is 0 Å². The maximum absolute atomic E-state index is 7.12. The number of hydrogen-bond acceptors (Lipinski definition) is 2. The Hall–Kier alpha value is 0.400. The summed E-state index contributed by atoms with van der Waals surface area (Å²) < 4.78 is 0. The fourth-order valence-electron chi connectivity index (χ4n) is 0. The second-order valence-electron chi connectivity index (χ2n) is 0.141. The quantitative estimate of drug-likeness (QED) is 0.433. The lowest BCUT2D eigenvalue weighted by Crippen LogP contribution is -1.66. The monoisotopic (exact) mass is 128 g/mol. The maximum atomic E-state index is 7.12. The summed E-state index contributed by atoms with van der Waals surface area (Å²) in [7, 11) is 0. The topological polar surface area (TPSA) is 40.5 Å². The molecule has 0 aliphatic carbocycles. The molecular formula is CH5BrO2. The molecule has 2 nitrogen and oxygen atoms in total.